The summed E-state index contributed by atoms with van der Waals surface area (Å²) in [7, 11) is 0. The number of carbonyl (C=O) groups is 1. The summed E-state index contributed by atoms with van der Waals surface area (Å²) >= 11 is 1.25. The molecule has 4 rings (SSSR count). The predicted octanol–water partition coefficient (Wildman–Crippen LogP) is 1.28. The van der Waals surface area contributed by atoms with Crippen LogP contribution >= 0.6 is 11.8 Å². The van der Waals surface area contributed by atoms with Crippen molar-refractivity contribution in [1.29, 1.82) is 0 Å². The third kappa shape index (κ3) is 4.17. The maximum Gasteiger partial charge on any atom is 0.344 e. The standard InChI is InChI=1S/C18H22N4O5S/c1-11(16(23)19-8-12-4-5-14-15(7-12)27-10-26-14)28-18-21-20-17(24)22(18)9-13-3-2-6-25-13/h4-5,7,11,13H,2-3,6,8-10H2,1H3,(H,19,23)(H,20,24)/t11-,13+/m1/s1. The summed E-state index contributed by atoms with van der Waals surface area (Å²) in [4.78, 5) is 24.5. The predicted molar refractivity (Wildman–Crippen MR) is 102 cm³/mol. The van der Waals surface area contributed by atoms with Crippen LogP contribution in [0.5, 0.6) is 11.5 Å². The topological polar surface area (TPSA) is 107 Å². The normalized spacial score (nSPS) is 19.0. The molecule has 2 atom stereocenters. The fourth-order valence-corrected chi connectivity index (χ4v) is 4.03. The molecule has 150 valence electrons. The molecule has 2 aliphatic rings. The number of rotatable bonds is 7. The lowest BCUT2D eigenvalue weighted by Gasteiger charge is -2.14. The first-order chi connectivity index (χ1) is 13.6. The highest BCUT2D eigenvalue weighted by Gasteiger charge is 2.23. The van der Waals surface area contributed by atoms with Crippen LogP contribution in [0.4, 0.5) is 0 Å². The maximum atomic E-state index is 12.5. The lowest BCUT2D eigenvalue weighted by molar-refractivity contribution is -0.120. The van der Waals surface area contributed by atoms with E-state index >= 15 is 0 Å². The van der Waals surface area contributed by atoms with Crippen molar-refractivity contribution >= 4 is 17.7 Å². The molecule has 1 aromatic heterocycles. The Labute approximate surface area is 165 Å². The second-order valence-corrected chi connectivity index (χ2v) is 8.03. The molecule has 9 nitrogen and oxygen atoms in total. The average Bonchev–Trinajstić information content (AvgIpc) is 3.43. The zero-order valence-corrected chi connectivity index (χ0v) is 16.3. The minimum Gasteiger partial charge on any atom is -0.454 e. The van der Waals surface area contributed by atoms with Gasteiger partial charge < -0.3 is 19.5 Å². The lowest BCUT2D eigenvalue weighted by Crippen LogP contribution is -2.31. The molecular formula is C18H22N4O5S. The van der Waals surface area contributed by atoms with Gasteiger partial charge in [-0.15, -0.1) is 5.10 Å². The minimum absolute atomic E-state index is 0.0183. The third-order valence-electron chi connectivity index (χ3n) is 4.69. The number of hydrogen-bond donors (Lipinski definition) is 2. The Kier molecular flexibility index (Phi) is 5.58. The fraction of sp³-hybridized carbons (Fsp3) is 0.500. The number of hydrogen-bond acceptors (Lipinski definition) is 7. The van der Waals surface area contributed by atoms with E-state index in [9.17, 15) is 9.59 Å². The van der Waals surface area contributed by atoms with Gasteiger partial charge in [-0.3, -0.25) is 9.36 Å². The van der Waals surface area contributed by atoms with Crippen LogP contribution < -0.4 is 20.5 Å². The molecule has 0 spiro atoms. The zero-order valence-electron chi connectivity index (χ0n) is 15.5. The number of ether oxygens (including phenoxy) is 3. The van der Waals surface area contributed by atoms with E-state index in [1.165, 1.54) is 11.8 Å². The van der Waals surface area contributed by atoms with E-state index in [0.29, 0.717) is 29.7 Å². The van der Waals surface area contributed by atoms with Crippen molar-refractivity contribution in [3.8, 4) is 11.5 Å². The SMILES string of the molecule is C[C@@H](Sc1n[nH]c(=O)n1C[C@@H]1CCCO1)C(=O)NCc1ccc2c(c1)OCO2. The van der Waals surface area contributed by atoms with Crippen molar-refractivity contribution in [2.24, 2.45) is 0 Å². The molecule has 0 radical (unpaired) electrons. The van der Waals surface area contributed by atoms with Gasteiger partial charge in [-0.1, -0.05) is 17.8 Å². The van der Waals surface area contributed by atoms with Gasteiger partial charge in [0.2, 0.25) is 12.7 Å². The zero-order chi connectivity index (χ0) is 19.5. The molecule has 0 unspecified atom stereocenters. The average molecular weight is 406 g/mol. The van der Waals surface area contributed by atoms with Gasteiger partial charge in [-0.2, -0.15) is 0 Å². The van der Waals surface area contributed by atoms with Crippen LogP contribution in [-0.4, -0.2) is 45.4 Å². The monoisotopic (exact) mass is 406 g/mol. The van der Waals surface area contributed by atoms with E-state index in [-0.39, 0.29) is 24.5 Å². The highest BCUT2D eigenvalue weighted by Crippen LogP contribution is 2.32. The fourth-order valence-electron chi connectivity index (χ4n) is 3.14. The first-order valence-electron chi connectivity index (χ1n) is 9.20. The molecule has 1 aromatic carbocycles. The van der Waals surface area contributed by atoms with Crippen LogP contribution in [0, 0.1) is 0 Å². The highest BCUT2D eigenvalue weighted by molar-refractivity contribution is 8.00. The molecule has 2 N–H and O–H groups in total. The Balaban J connectivity index is 1.34. The molecular weight excluding hydrogens is 384 g/mol. The number of benzene rings is 1. The summed E-state index contributed by atoms with van der Waals surface area (Å²) in [5.41, 5.74) is 0.635. The molecule has 2 aromatic rings. The van der Waals surface area contributed by atoms with Gasteiger partial charge >= 0.3 is 5.69 Å². The number of amides is 1. The second-order valence-electron chi connectivity index (χ2n) is 6.72. The number of carbonyl (C=O) groups excluding carboxylic acids is 1. The summed E-state index contributed by atoms with van der Waals surface area (Å²) in [6.45, 7) is 3.55. The van der Waals surface area contributed by atoms with Crippen molar-refractivity contribution in [1.82, 2.24) is 20.1 Å². The van der Waals surface area contributed by atoms with Crippen LogP contribution in [0.1, 0.15) is 25.3 Å². The van der Waals surface area contributed by atoms with Crippen LogP contribution in [0.3, 0.4) is 0 Å². The molecule has 3 heterocycles. The summed E-state index contributed by atoms with van der Waals surface area (Å²) in [5.74, 6) is 1.26. The molecule has 1 saturated heterocycles. The van der Waals surface area contributed by atoms with Crippen molar-refractivity contribution in [2.45, 2.75) is 49.4 Å². The molecule has 0 aliphatic carbocycles. The van der Waals surface area contributed by atoms with E-state index in [0.717, 1.165) is 25.0 Å². The van der Waals surface area contributed by atoms with E-state index in [2.05, 4.69) is 15.5 Å². The molecule has 1 fully saturated rings. The first-order valence-corrected chi connectivity index (χ1v) is 10.1. The van der Waals surface area contributed by atoms with E-state index in [4.69, 9.17) is 14.2 Å². The van der Waals surface area contributed by atoms with Crippen LogP contribution in [0.25, 0.3) is 0 Å². The first kappa shape index (κ1) is 18.9. The number of aromatic amines is 1. The molecule has 1 amide bonds. The molecule has 28 heavy (non-hydrogen) atoms. The van der Waals surface area contributed by atoms with Gasteiger partial charge in [0.25, 0.3) is 0 Å². The minimum atomic E-state index is -0.410. The van der Waals surface area contributed by atoms with Gasteiger partial charge in [-0.25, -0.2) is 9.89 Å². The van der Waals surface area contributed by atoms with Gasteiger partial charge in [0.05, 0.1) is 17.9 Å². The van der Waals surface area contributed by atoms with Crippen molar-refractivity contribution in [3.05, 3.63) is 34.2 Å². The maximum absolute atomic E-state index is 12.5. The quantitative estimate of drug-likeness (QED) is 0.667. The van der Waals surface area contributed by atoms with Crippen molar-refractivity contribution < 1.29 is 19.0 Å². The van der Waals surface area contributed by atoms with E-state index in [1.54, 1.807) is 11.5 Å². The number of thioether (sulfide) groups is 1. The molecule has 0 bridgehead atoms. The third-order valence-corrected chi connectivity index (χ3v) is 5.78. The van der Waals surface area contributed by atoms with E-state index in [1.807, 2.05) is 18.2 Å². The summed E-state index contributed by atoms with van der Waals surface area (Å²) in [6.07, 6.45) is 1.94. The number of nitrogens with one attached hydrogen (secondary N) is 2. The van der Waals surface area contributed by atoms with Crippen molar-refractivity contribution in [3.63, 3.8) is 0 Å². The smallest absolute Gasteiger partial charge is 0.344 e. The van der Waals surface area contributed by atoms with Gasteiger partial charge in [0.1, 0.15) is 0 Å². The lowest BCUT2D eigenvalue weighted by atomic mass is 10.2. The Morgan fingerprint density at radius 3 is 3.11 bits per heavy atom. The Bertz CT molecular complexity index is 906. The number of aromatic nitrogens is 3. The van der Waals surface area contributed by atoms with Gasteiger partial charge in [-0.05, 0) is 37.5 Å². The number of fused-ring (bicyclic) bond motifs is 1. The summed E-state index contributed by atoms with van der Waals surface area (Å²) in [6, 6.07) is 5.57. The number of nitrogens with zero attached hydrogens (tertiary/aromatic N) is 2. The largest absolute Gasteiger partial charge is 0.454 e. The second kappa shape index (κ2) is 8.27. The number of H-pyrrole nitrogens is 1. The van der Waals surface area contributed by atoms with Crippen molar-refractivity contribution in [2.75, 3.05) is 13.4 Å². The Morgan fingerprint density at radius 1 is 1.43 bits per heavy atom. The van der Waals surface area contributed by atoms with Gasteiger partial charge in [0, 0.05) is 13.2 Å². The molecule has 10 heteroatoms. The summed E-state index contributed by atoms with van der Waals surface area (Å²) < 4.78 is 17.8. The van der Waals surface area contributed by atoms with Crippen LogP contribution in [-0.2, 0) is 22.6 Å². The Morgan fingerprint density at radius 2 is 2.29 bits per heavy atom. The van der Waals surface area contributed by atoms with E-state index < -0.39 is 5.25 Å². The highest BCUT2D eigenvalue weighted by atomic mass is 32.2. The summed E-state index contributed by atoms with van der Waals surface area (Å²) in [5, 5.41) is 9.51. The van der Waals surface area contributed by atoms with Crippen LogP contribution in [0.2, 0.25) is 0 Å². The van der Waals surface area contributed by atoms with Crippen LogP contribution in [0.15, 0.2) is 28.2 Å². The van der Waals surface area contributed by atoms with Gasteiger partial charge in [0.15, 0.2) is 16.7 Å². The molecule has 0 saturated carbocycles. The molecule has 2 aliphatic heterocycles. The Hall–Kier alpha value is -2.46.